The van der Waals surface area contributed by atoms with E-state index in [0.717, 1.165) is 31.5 Å². The number of nitrogens with zero attached hydrogens (tertiary/aromatic N) is 1. The largest absolute Gasteiger partial charge is 0.466 e. The van der Waals surface area contributed by atoms with Crippen molar-refractivity contribution >= 4 is 11.9 Å². The summed E-state index contributed by atoms with van der Waals surface area (Å²) in [5, 5.41) is 0. The molecule has 0 radical (unpaired) electrons. The highest BCUT2D eigenvalue weighted by Gasteiger charge is 2.19. The number of esters is 1. The summed E-state index contributed by atoms with van der Waals surface area (Å²) < 4.78 is 4.71. The summed E-state index contributed by atoms with van der Waals surface area (Å²) in [7, 11) is 1.39. The van der Waals surface area contributed by atoms with E-state index in [4.69, 9.17) is 4.74 Å². The minimum atomic E-state index is -0.281. The molecule has 4 heteroatoms. The lowest BCUT2D eigenvalue weighted by Crippen LogP contribution is -2.25. The molecule has 0 aromatic rings. The summed E-state index contributed by atoms with van der Waals surface area (Å²) in [6.45, 7) is 1.63. The molecular weight excluding hydrogens is 242 g/mol. The fourth-order valence-electron chi connectivity index (χ4n) is 2.32. The topological polar surface area (TPSA) is 46.6 Å². The number of likely N-dealkylation sites (tertiary alicyclic amines) is 1. The van der Waals surface area contributed by atoms with E-state index in [9.17, 15) is 9.59 Å². The number of ether oxygens (including phenoxy) is 1. The Morgan fingerprint density at radius 3 is 2.95 bits per heavy atom. The summed E-state index contributed by atoms with van der Waals surface area (Å²) in [5.74, 6) is -0.0270. The van der Waals surface area contributed by atoms with Gasteiger partial charge in [0.15, 0.2) is 0 Å². The summed E-state index contributed by atoms with van der Waals surface area (Å²) in [4.78, 5) is 24.8. The van der Waals surface area contributed by atoms with Gasteiger partial charge in [-0.2, -0.15) is 0 Å². The van der Waals surface area contributed by atoms with Gasteiger partial charge in [-0.15, -0.1) is 0 Å². The number of methoxy groups -OCH3 is 1. The zero-order valence-electron chi connectivity index (χ0n) is 11.2. The van der Waals surface area contributed by atoms with Crippen molar-refractivity contribution in [3.63, 3.8) is 0 Å². The highest BCUT2D eigenvalue weighted by Crippen LogP contribution is 2.17. The Kier molecular flexibility index (Phi) is 4.55. The Morgan fingerprint density at radius 1 is 1.42 bits per heavy atom. The molecule has 0 saturated carbocycles. The van der Waals surface area contributed by atoms with E-state index in [1.807, 2.05) is 29.2 Å². The van der Waals surface area contributed by atoms with Crippen LogP contribution in [0.1, 0.15) is 25.7 Å². The Balaban J connectivity index is 1.93. The molecule has 0 N–H and O–H groups in total. The van der Waals surface area contributed by atoms with Crippen LogP contribution in [-0.2, 0) is 14.3 Å². The van der Waals surface area contributed by atoms with Gasteiger partial charge in [0.25, 0.3) is 0 Å². The van der Waals surface area contributed by atoms with Gasteiger partial charge in [0.05, 0.1) is 7.11 Å². The van der Waals surface area contributed by atoms with Crippen molar-refractivity contribution in [2.45, 2.75) is 25.7 Å². The van der Waals surface area contributed by atoms with Crippen molar-refractivity contribution in [3.8, 4) is 0 Å². The monoisotopic (exact) mass is 261 g/mol. The second kappa shape index (κ2) is 6.36. The van der Waals surface area contributed by atoms with Crippen LogP contribution in [0.25, 0.3) is 0 Å². The van der Waals surface area contributed by atoms with Gasteiger partial charge in [-0.25, -0.2) is 4.79 Å². The highest BCUT2D eigenvalue weighted by molar-refractivity contribution is 5.89. The maximum Gasteiger partial charge on any atom is 0.334 e. The summed E-state index contributed by atoms with van der Waals surface area (Å²) in [6, 6.07) is 0. The van der Waals surface area contributed by atoms with Crippen LogP contribution in [0.2, 0.25) is 0 Å². The molecule has 1 heterocycles. The number of hydrogen-bond acceptors (Lipinski definition) is 3. The van der Waals surface area contributed by atoms with Crippen molar-refractivity contribution in [2.24, 2.45) is 0 Å². The first-order chi connectivity index (χ1) is 9.20. The van der Waals surface area contributed by atoms with E-state index in [0.29, 0.717) is 18.4 Å². The lowest BCUT2D eigenvalue weighted by Gasteiger charge is -2.15. The molecule has 0 unspecified atom stereocenters. The molecule has 2 rings (SSSR count). The van der Waals surface area contributed by atoms with Crippen LogP contribution < -0.4 is 0 Å². The Labute approximate surface area is 113 Å². The second-order valence-corrected chi connectivity index (χ2v) is 4.77. The first kappa shape index (κ1) is 13.6. The standard InChI is InChI=1S/C15H19NO3/c1-19-15(18)13-5-2-4-12(7-8-13)9-11-16-10-3-6-14(16)17/h2,4,7-8H,3,5-6,9-11H2,1H3. The molecule has 1 saturated heterocycles. The number of hydrogen-bond donors (Lipinski definition) is 0. The molecule has 2 aliphatic rings. The number of allylic oxidation sites excluding steroid dienone is 4. The average molecular weight is 261 g/mol. The molecule has 0 spiro atoms. The van der Waals surface area contributed by atoms with Crippen molar-refractivity contribution in [1.82, 2.24) is 4.90 Å². The van der Waals surface area contributed by atoms with Crippen LogP contribution in [0.15, 0.2) is 35.5 Å². The van der Waals surface area contributed by atoms with Crippen molar-refractivity contribution in [1.29, 1.82) is 0 Å². The van der Waals surface area contributed by atoms with E-state index in [2.05, 4.69) is 0 Å². The molecule has 102 valence electrons. The molecule has 19 heavy (non-hydrogen) atoms. The van der Waals surface area contributed by atoms with E-state index in [-0.39, 0.29) is 11.9 Å². The van der Waals surface area contributed by atoms with E-state index < -0.39 is 0 Å². The Bertz CT molecular complexity index is 460. The number of amides is 1. The van der Waals surface area contributed by atoms with Crippen LogP contribution in [-0.4, -0.2) is 37.0 Å². The highest BCUT2D eigenvalue weighted by atomic mass is 16.5. The van der Waals surface area contributed by atoms with Gasteiger partial charge in [-0.3, -0.25) is 4.79 Å². The smallest absolute Gasteiger partial charge is 0.334 e. The SMILES string of the molecule is COC(=O)C1=CC=C(CCN2CCCC2=O)C=CC1. The summed E-state index contributed by atoms with van der Waals surface area (Å²) >= 11 is 0. The molecule has 0 aromatic heterocycles. The van der Waals surface area contributed by atoms with Crippen molar-refractivity contribution in [3.05, 3.63) is 35.5 Å². The molecule has 0 aromatic carbocycles. The number of carbonyl (C=O) groups is 2. The second-order valence-electron chi connectivity index (χ2n) is 4.77. The third-order valence-corrected chi connectivity index (χ3v) is 3.46. The van der Waals surface area contributed by atoms with Crippen LogP contribution in [0.4, 0.5) is 0 Å². The van der Waals surface area contributed by atoms with E-state index >= 15 is 0 Å². The van der Waals surface area contributed by atoms with Crippen LogP contribution in [0.5, 0.6) is 0 Å². The maximum atomic E-state index is 11.5. The molecule has 1 aliphatic carbocycles. The lowest BCUT2D eigenvalue weighted by molar-refractivity contribution is -0.136. The zero-order valence-corrected chi connectivity index (χ0v) is 11.2. The van der Waals surface area contributed by atoms with Crippen LogP contribution >= 0.6 is 0 Å². The zero-order chi connectivity index (χ0) is 13.7. The predicted octanol–water partition coefficient (Wildman–Crippen LogP) is 1.98. The third kappa shape index (κ3) is 3.56. The average Bonchev–Trinajstić information content (AvgIpc) is 2.69. The molecule has 1 aliphatic heterocycles. The van der Waals surface area contributed by atoms with Gasteiger partial charge in [0.2, 0.25) is 5.91 Å². The fourth-order valence-corrected chi connectivity index (χ4v) is 2.32. The van der Waals surface area contributed by atoms with Crippen LogP contribution in [0.3, 0.4) is 0 Å². The minimum Gasteiger partial charge on any atom is -0.466 e. The summed E-state index contributed by atoms with van der Waals surface area (Å²) in [6.07, 6.45) is 10.8. The molecule has 1 amide bonds. The lowest BCUT2D eigenvalue weighted by atomic mass is 10.1. The quantitative estimate of drug-likeness (QED) is 0.727. The molecule has 0 atom stereocenters. The minimum absolute atomic E-state index is 0.254. The maximum absolute atomic E-state index is 11.5. The van der Waals surface area contributed by atoms with Gasteiger partial charge in [0, 0.05) is 25.1 Å². The molecule has 1 fully saturated rings. The number of carbonyl (C=O) groups excluding carboxylic acids is 2. The normalized spacial score (nSPS) is 19.0. The van der Waals surface area contributed by atoms with Gasteiger partial charge < -0.3 is 9.64 Å². The molecule has 0 bridgehead atoms. The predicted molar refractivity (Wildman–Crippen MR) is 72.4 cm³/mol. The molecular formula is C15H19NO3. The van der Waals surface area contributed by atoms with Crippen molar-refractivity contribution < 1.29 is 14.3 Å². The van der Waals surface area contributed by atoms with E-state index in [1.54, 1.807) is 0 Å². The fraction of sp³-hybridized carbons (Fsp3) is 0.467. The first-order valence-electron chi connectivity index (χ1n) is 6.63. The molecule has 4 nitrogen and oxygen atoms in total. The number of rotatable bonds is 4. The van der Waals surface area contributed by atoms with Crippen LogP contribution in [0, 0.1) is 0 Å². The third-order valence-electron chi connectivity index (χ3n) is 3.46. The van der Waals surface area contributed by atoms with Gasteiger partial charge in [-0.05, 0) is 24.8 Å². The van der Waals surface area contributed by atoms with Gasteiger partial charge in [-0.1, -0.05) is 24.3 Å². The Hall–Kier alpha value is -1.84. The van der Waals surface area contributed by atoms with Crippen molar-refractivity contribution in [2.75, 3.05) is 20.2 Å². The van der Waals surface area contributed by atoms with Gasteiger partial charge in [0.1, 0.15) is 0 Å². The van der Waals surface area contributed by atoms with Gasteiger partial charge >= 0.3 is 5.97 Å². The van der Waals surface area contributed by atoms with E-state index in [1.165, 1.54) is 7.11 Å². The first-order valence-corrected chi connectivity index (χ1v) is 6.63. The summed E-state index contributed by atoms with van der Waals surface area (Å²) in [5.41, 5.74) is 1.80. The Morgan fingerprint density at radius 2 is 2.26 bits per heavy atom.